The van der Waals surface area contributed by atoms with Crippen molar-refractivity contribution in [1.82, 2.24) is 4.98 Å². The SMILES string of the molecule is CCOc1cccnc1NC1CC2CCC1O2. The number of anilines is 1. The Morgan fingerprint density at radius 1 is 1.53 bits per heavy atom. The van der Waals surface area contributed by atoms with E-state index in [1.54, 1.807) is 6.20 Å². The van der Waals surface area contributed by atoms with Gasteiger partial charge in [-0.1, -0.05) is 0 Å². The van der Waals surface area contributed by atoms with E-state index in [0.717, 1.165) is 18.0 Å². The molecule has 0 radical (unpaired) electrons. The molecule has 0 amide bonds. The lowest BCUT2D eigenvalue weighted by molar-refractivity contribution is 0.102. The van der Waals surface area contributed by atoms with E-state index in [-0.39, 0.29) is 0 Å². The van der Waals surface area contributed by atoms with Gasteiger partial charge in [-0.05, 0) is 38.3 Å². The summed E-state index contributed by atoms with van der Waals surface area (Å²) in [6.45, 7) is 2.64. The van der Waals surface area contributed by atoms with Gasteiger partial charge in [-0.25, -0.2) is 4.98 Å². The van der Waals surface area contributed by atoms with Crippen LogP contribution in [0.15, 0.2) is 18.3 Å². The Bertz CT molecular complexity index is 397. The van der Waals surface area contributed by atoms with Crippen molar-refractivity contribution < 1.29 is 9.47 Å². The first-order valence-electron chi connectivity index (χ1n) is 6.36. The number of hydrogen-bond acceptors (Lipinski definition) is 4. The van der Waals surface area contributed by atoms with E-state index in [2.05, 4.69) is 10.3 Å². The second-order valence-electron chi connectivity index (χ2n) is 4.64. The van der Waals surface area contributed by atoms with Gasteiger partial charge in [0.05, 0.1) is 24.9 Å². The molecule has 4 heteroatoms. The Kier molecular flexibility index (Phi) is 2.89. The van der Waals surface area contributed by atoms with Gasteiger partial charge in [-0.2, -0.15) is 0 Å². The first-order chi connectivity index (χ1) is 8.36. The maximum Gasteiger partial charge on any atom is 0.169 e. The highest BCUT2D eigenvalue weighted by Crippen LogP contribution is 2.36. The van der Waals surface area contributed by atoms with Crippen molar-refractivity contribution in [2.45, 2.75) is 44.4 Å². The standard InChI is InChI=1S/C13H18N2O2/c1-2-16-12-4-3-7-14-13(12)15-10-8-9-5-6-11(10)17-9/h3-4,7,9-11H,2,5-6,8H2,1H3,(H,14,15). The lowest BCUT2D eigenvalue weighted by atomic mass is 9.95. The van der Waals surface area contributed by atoms with Crippen LogP contribution in [0.25, 0.3) is 0 Å². The van der Waals surface area contributed by atoms with Gasteiger partial charge in [0.2, 0.25) is 0 Å². The molecule has 3 unspecified atom stereocenters. The Labute approximate surface area is 101 Å². The highest BCUT2D eigenvalue weighted by molar-refractivity contribution is 5.50. The highest BCUT2D eigenvalue weighted by Gasteiger charge is 2.41. The number of rotatable bonds is 4. The van der Waals surface area contributed by atoms with Gasteiger partial charge < -0.3 is 14.8 Å². The molecule has 0 spiro atoms. The molecule has 2 aliphatic rings. The summed E-state index contributed by atoms with van der Waals surface area (Å²) in [5, 5.41) is 3.46. The number of nitrogens with zero attached hydrogens (tertiary/aromatic N) is 1. The fraction of sp³-hybridized carbons (Fsp3) is 0.615. The van der Waals surface area contributed by atoms with Crippen molar-refractivity contribution in [2.24, 2.45) is 0 Å². The Morgan fingerprint density at radius 2 is 2.47 bits per heavy atom. The minimum absolute atomic E-state index is 0.358. The molecule has 92 valence electrons. The second kappa shape index (κ2) is 4.53. The monoisotopic (exact) mass is 234 g/mol. The summed E-state index contributed by atoms with van der Waals surface area (Å²) in [6, 6.07) is 4.24. The summed E-state index contributed by atoms with van der Waals surface area (Å²) in [5.41, 5.74) is 0. The Hall–Kier alpha value is -1.29. The van der Waals surface area contributed by atoms with Crippen LogP contribution < -0.4 is 10.1 Å². The van der Waals surface area contributed by atoms with Gasteiger partial charge in [-0.3, -0.25) is 0 Å². The lowest BCUT2D eigenvalue weighted by Crippen LogP contribution is -2.31. The predicted octanol–water partition coefficient (Wildman–Crippen LogP) is 2.21. The molecule has 3 heterocycles. The summed E-state index contributed by atoms with van der Waals surface area (Å²) in [4.78, 5) is 4.35. The van der Waals surface area contributed by atoms with E-state index in [1.807, 2.05) is 19.1 Å². The average molecular weight is 234 g/mol. The molecule has 0 aromatic carbocycles. The van der Waals surface area contributed by atoms with Crippen molar-refractivity contribution in [3.8, 4) is 5.75 Å². The molecule has 2 aliphatic heterocycles. The molecular formula is C13H18N2O2. The van der Waals surface area contributed by atoms with Crippen LogP contribution in [-0.2, 0) is 4.74 Å². The number of pyridine rings is 1. The largest absolute Gasteiger partial charge is 0.490 e. The summed E-state index contributed by atoms with van der Waals surface area (Å²) in [5.74, 6) is 1.67. The zero-order valence-electron chi connectivity index (χ0n) is 10.1. The number of nitrogens with one attached hydrogen (secondary N) is 1. The van der Waals surface area contributed by atoms with Gasteiger partial charge in [0, 0.05) is 6.20 Å². The Morgan fingerprint density at radius 3 is 3.18 bits per heavy atom. The zero-order chi connectivity index (χ0) is 11.7. The molecule has 3 rings (SSSR count). The summed E-state index contributed by atoms with van der Waals surface area (Å²) >= 11 is 0. The van der Waals surface area contributed by atoms with Crippen LogP contribution in [0.3, 0.4) is 0 Å². The summed E-state index contributed by atoms with van der Waals surface area (Å²) in [6.07, 6.45) is 6.07. The third kappa shape index (κ3) is 2.09. The minimum atomic E-state index is 0.358. The number of hydrogen-bond donors (Lipinski definition) is 1. The van der Waals surface area contributed by atoms with Crippen molar-refractivity contribution in [2.75, 3.05) is 11.9 Å². The fourth-order valence-corrected chi connectivity index (χ4v) is 2.74. The Balaban J connectivity index is 1.72. The van der Waals surface area contributed by atoms with Crippen molar-refractivity contribution in [1.29, 1.82) is 0 Å². The van der Waals surface area contributed by atoms with E-state index in [1.165, 1.54) is 12.8 Å². The number of ether oxygens (including phenoxy) is 2. The van der Waals surface area contributed by atoms with E-state index < -0.39 is 0 Å². The number of aromatic nitrogens is 1. The molecule has 2 saturated heterocycles. The van der Waals surface area contributed by atoms with E-state index in [9.17, 15) is 0 Å². The quantitative estimate of drug-likeness (QED) is 0.867. The van der Waals surface area contributed by atoms with Crippen molar-refractivity contribution in [3.05, 3.63) is 18.3 Å². The van der Waals surface area contributed by atoms with Crippen molar-refractivity contribution >= 4 is 5.82 Å². The molecule has 2 fully saturated rings. The van der Waals surface area contributed by atoms with Crippen LogP contribution >= 0.6 is 0 Å². The van der Waals surface area contributed by atoms with Crippen molar-refractivity contribution in [3.63, 3.8) is 0 Å². The third-order valence-corrected chi connectivity index (χ3v) is 3.50. The second-order valence-corrected chi connectivity index (χ2v) is 4.64. The smallest absolute Gasteiger partial charge is 0.169 e. The zero-order valence-corrected chi connectivity index (χ0v) is 10.1. The van der Waals surface area contributed by atoms with Gasteiger partial charge >= 0.3 is 0 Å². The lowest BCUT2D eigenvalue weighted by Gasteiger charge is -2.21. The molecule has 3 atom stereocenters. The normalized spacial score (nSPS) is 30.5. The minimum Gasteiger partial charge on any atom is -0.490 e. The molecule has 0 saturated carbocycles. The summed E-state index contributed by atoms with van der Waals surface area (Å²) < 4.78 is 11.4. The fourth-order valence-electron chi connectivity index (χ4n) is 2.74. The van der Waals surface area contributed by atoms with Crippen LogP contribution in [0.1, 0.15) is 26.2 Å². The molecule has 0 aliphatic carbocycles. The number of fused-ring (bicyclic) bond motifs is 2. The van der Waals surface area contributed by atoms with Gasteiger partial charge in [-0.15, -0.1) is 0 Å². The molecule has 1 N–H and O–H groups in total. The summed E-state index contributed by atoms with van der Waals surface area (Å²) in [7, 11) is 0. The van der Waals surface area contributed by atoms with Gasteiger partial charge in [0.1, 0.15) is 0 Å². The van der Waals surface area contributed by atoms with E-state index >= 15 is 0 Å². The highest BCUT2D eigenvalue weighted by atomic mass is 16.5. The average Bonchev–Trinajstić information content (AvgIpc) is 2.94. The molecule has 4 nitrogen and oxygen atoms in total. The third-order valence-electron chi connectivity index (χ3n) is 3.50. The van der Waals surface area contributed by atoms with Crippen LogP contribution in [0, 0.1) is 0 Å². The first-order valence-corrected chi connectivity index (χ1v) is 6.36. The van der Waals surface area contributed by atoms with Gasteiger partial charge in [0.25, 0.3) is 0 Å². The maximum absolute atomic E-state index is 5.83. The predicted molar refractivity (Wildman–Crippen MR) is 65.3 cm³/mol. The molecule has 17 heavy (non-hydrogen) atoms. The van der Waals surface area contributed by atoms with Gasteiger partial charge in [0.15, 0.2) is 11.6 Å². The van der Waals surface area contributed by atoms with Crippen LogP contribution in [0.5, 0.6) is 5.75 Å². The molecular weight excluding hydrogens is 216 g/mol. The van der Waals surface area contributed by atoms with E-state index in [0.29, 0.717) is 24.9 Å². The van der Waals surface area contributed by atoms with E-state index in [4.69, 9.17) is 9.47 Å². The van der Waals surface area contributed by atoms with Crippen LogP contribution in [0.4, 0.5) is 5.82 Å². The molecule has 1 aromatic heterocycles. The van der Waals surface area contributed by atoms with Crippen LogP contribution in [0.2, 0.25) is 0 Å². The van der Waals surface area contributed by atoms with Crippen LogP contribution in [-0.4, -0.2) is 29.8 Å². The maximum atomic E-state index is 5.83. The molecule has 2 bridgehead atoms. The topological polar surface area (TPSA) is 43.4 Å². The molecule has 1 aromatic rings. The first kappa shape index (κ1) is 10.8.